The molecule has 10 nitrogen and oxygen atoms in total. The number of aliphatic hydroxyl groups excluding tert-OH is 1. The summed E-state index contributed by atoms with van der Waals surface area (Å²) in [4.78, 5) is 31.3. The molecule has 3 fully saturated rings. The minimum Gasteiger partial charge on any atom is -0.461 e. The van der Waals surface area contributed by atoms with Gasteiger partial charge in [-0.2, -0.15) is 9.97 Å². The Morgan fingerprint density at radius 2 is 1.85 bits per heavy atom. The second-order valence-electron chi connectivity index (χ2n) is 14.3. The number of benzene rings is 2. The van der Waals surface area contributed by atoms with E-state index in [2.05, 4.69) is 27.1 Å². The summed E-state index contributed by atoms with van der Waals surface area (Å²) < 4.78 is 28.9. The molecule has 3 unspecified atom stereocenters. The first kappa shape index (κ1) is 32.7. The van der Waals surface area contributed by atoms with Crippen LogP contribution < -0.4 is 15.0 Å². The lowest BCUT2D eigenvalue weighted by atomic mass is 9.95. The topological polar surface area (TPSA) is 113 Å². The van der Waals surface area contributed by atoms with Crippen molar-refractivity contribution in [3.8, 4) is 17.3 Å². The number of carbonyl (C=O) groups is 1. The van der Waals surface area contributed by atoms with Gasteiger partial charge in [0.1, 0.15) is 29.2 Å². The maximum Gasteiger partial charge on any atom is 0.410 e. The Morgan fingerprint density at radius 3 is 2.52 bits per heavy atom. The van der Waals surface area contributed by atoms with Crippen LogP contribution in [0.4, 0.5) is 15.0 Å². The van der Waals surface area contributed by atoms with Crippen molar-refractivity contribution in [2.24, 2.45) is 0 Å². The van der Waals surface area contributed by atoms with Crippen LogP contribution in [0.15, 0.2) is 42.6 Å². The summed E-state index contributed by atoms with van der Waals surface area (Å²) in [6, 6.07) is 11.1. The number of fused-ring (bicyclic) bond motifs is 4. The van der Waals surface area contributed by atoms with E-state index in [1.807, 2.05) is 56.0 Å². The monoisotopic (exact) mass is 676 g/mol. The van der Waals surface area contributed by atoms with Crippen molar-refractivity contribution in [3.63, 3.8) is 0 Å². The molecule has 3 aliphatic heterocycles. The Labute approximate surface area is 284 Å². The number of rotatable bonds is 7. The van der Waals surface area contributed by atoms with Gasteiger partial charge in [-0.05, 0) is 64.3 Å². The Morgan fingerprint density at radius 1 is 1.12 bits per heavy atom. The lowest BCUT2D eigenvalue weighted by molar-refractivity contribution is 0.0122. The van der Waals surface area contributed by atoms with Gasteiger partial charge in [-0.15, -0.1) is 0 Å². The molecular formula is C36H42ClFN6O4. The van der Waals surface area contributed by atoms with Crippen LogP contribution in [-0.4, -0.2) is 86.6 Å². The molecule has 2 bridgehead atoms. The van der Waals surface area contributed by atoms with Crippen LogP contribution in [0.5, 0.6) is 6.01 Å². The predicted octanol–water partition coefficient (Wildman–Crippen LogP) is 6.50. The van der Waals surface area contributed by atoms with Crippen LogP contribution in [-0.2, 0) is 4.74 Å². The zero-order valence-electron chi connectivity index (χ0n) is 27.8. The number of anilines is 1. The standard InChI is InChI=1S/C36H42ClFN6O4/c1-5-36(15-14-22(19-45)42-36)20-47-33-40-31-26(16-39-30(29(31)38)25-10-6-8-21-9-7-11-27(37)28(21)25)32(41-33)43-17-23-12-13-24(18-43)44(23)34(46)48-35(2,3)4/h6-11,16,22-24,42,45H,5,12-15,17-20H2,1-4H3/t22-,23?,24?,36?/m1/s1. The van der Waals surface area contributed by atoms with Crippen molar-refractivity contribution >= 4 is 45.2 Å². The smallest absolute Gasteiger partial charge is 0.410 e. The van der Waals surface area contributed by atoms with Gasteiger partial charge in [-0.25, -0.2) is 9.18 Å². The summed E-state index contributed by atoms with van der Waals surface area (Å²) in [5, 5.41) is 15.8. The first-order valence-electron chi connectivity index (χ1n) is 16.8. The Balaban J connectivity index is 1.29. The number of amides is 1. The number of aliphatic hydroxyl groups is 1. The maximum atomic E-state index is 16.8. The van der Waals surface area contributed by atoms with Gasteiger partial charge >= 0.3 is 12.1 Å². The highest BCUT2D eigenvalue weighted by atomic mass is 35.5. The van der Waals surface area contributed by atoms with E-state index >= 15 is 4.39 Å². The van der Waals surface area contributed by atoms with Gasteiger partial charge in [-0.3, -0.25) is 9.88 Å². The van der Waals surface area contributed by atoms with Gasteiger partial charge in [0.25, 0.3) is 0 Å². The molecule has 0 spiro atoms. The summed E-state index contributed by atoms with van der Waals surface area (Å²) in [5.74, 6) is -0.0730. The van der Waals surface area contributed by atoms with Gasteiger partial charge in [0, 0.05) is 41.3 Å². The van der Waals surface area contributed by atoms with E-state index < -0.39 is 11.4 Å². The number of hydrogen-bond acceptors (Lipinski definition) is 9. The molecule has 4 atom stereocenters. The zero-order chi connectivity index (χ0) is 33.8. The van der Waals surface area contributed by atoms with Crippen LogP contribution in [0.25, 0.3) is 32.9 Å². The summed E-state index contributed by atoms with van der Waals surface area (Å²) in [7, 11) is 0. The predicted molar refractivity (Wildman–Crippen MR) is 184 cm³/mol. The van der Waals surface area contributed by atoms with Gasteiger partial charge in [0.05, 0.1) is 29.6 Å². The van der Waals surface area contributed by atoms with Crippen molar-refractivity contribution in [2.45, 2.75) is 89.1 Å². The van der Waals surface area contributed by atoms with E-state index in [0.29, 0.717) is 40.3 Å². The van der Waals surface area contributed by atoms with E-state index in [1.54, 1.807) is 12.3 Å². The Hall–Kier alpha value is -3.80. The van der Waals surface area contributed by atoms with Crippen molar-refractivity contribution in [3.05, 3.63) is 53.4 Å². The molecule has 3 saturated heterocycles. The number of piperazine rings is 1. The normalized spacial score (nSPS) is 24.1. The second-order valence-corrected chi connectivity index (χ2v) is 14.7. The SMILES string of the molecule is CCC1(COc2nc(N3CC4CCC(C3)N4C(=O)OC(C)(C)C)c3cnc(-c4cccc5cccc(Cl)c45)c(F)c3n2)CC[C@H](CO)N1. The first-order valence-corrected chi connectivity index (χ1v) is 17.2. The number of pyridine rings is 1. The average molecular weight is 677 g/mol. The molecule has 254 valence electrons. The minimum atomic E-state index is -0.598. The van der Waals surface area contributed by atoms with Gasteiger partial charge in [0.2, 0.25) is 0 Å². The number of ether oxygens (including phenoxy) is 2. The number of carbonyl (C=O) groups excluding carboxylic acids is 1. The highest BCUT2D eigenvalue weighted by Crippen LogP contribution is 2.40. The minimum absolute atomic E-state index is 0.00280. The molecule has 7 rings (SSSR count). The molecule has 0 saturated carbocycles. The molecule has 0 radical (unpaired) electrons. The molecule has 0 aliphatic carbocycles. The molecule has 12 heteroatoms. The number of aromatic nitrogens is 3. The van der Waals surface area contributed by atoms with Crippen molar-refractivity contribution in [1.29, 1.82) is 0 Å². The molecule has 2 aromatic heterocycles. The molecular weight excluding hydrogens is 635 g/mol. The Kier molecular flexibility index (Phi) is 8.58. The van der Waals surface area contributed by atoms with Gasteiger partial charge < -0.3 is 24.8 Å². The molecule has 1 amide bonds. The quantitative estimate of drug-likeness (QED) is 0.227. The third kappa shape index (κ3) is 6.01. The largest absolute Gasteiger partial charge is 0.461 e. The van der Waals surface area contributed by atoms with Crippen LogP contribution in [0, 0.1) is 5.82 Å². The molecule has 3 aliphatic rings. The van der Waals surface area contributed by atoms with Crippen molar-refractivity contribution in [1.82, 2.24) is 25.2 Å². The van der Waals surface area contributed by atoms with Crippen LogP contribution in [0.2, 0.25) is 5.02 Å². The third-order valence-corrected chi connectivity index (χ3v) is 10.3. The van der Waals surface area contributed by atoms with Crippen molar-refractivity contribution < 1.29 is 23.8 Å². The zero-order valence-corrected chi connectivity index (χ0v) is 28.6. The van der Waals surface area contributed by atoms with Crippen LogP contribution >= 0.6 is 11.6 Å². The number of hydrogen-bond donors (Lipinski definition) is 2. The lowest BCUT2D eigenvalue weighted by Crippen LogP contribution is -2.57. The third-order valence-electron chi connectivity index (χ3n) is 9.99. The molecule has 2 aromatic carbocycles. The highest BCUT2D eigenvalue weighted by molar-refractivity contribution is 6.36. The molecule has 48 heavy (non-hydrogen) atoms. The average Bonchev–Trinajstić information content (AvgIpc) is 3.61. The van der Waals surface area contributed by atoms with E-state index in [0.717, 1.165) is 37.5 Å². The molecule has 4 aromatic rings. The van der Waals surface area contributed by atoms with E-state index in [4.69, 9.17) is 26.1 Å². The molecule has 2 N–H and O–H groups in total. The maximum absolute atomic E-state index is 16.8. The van der Waals surface area contributed by atoms with Crippen LogP contribution in [0.3, 0.4) is 0 Å². The first-order chi connectivity index (χ1) is 23.0. The fourth-order valence-corrected chi connectivity index (χ4v) is 7.84. The summed E-state index contributed by atoms with van der Waals surface area (Å²) in [6.07, 6.45) is 5.43. The highest BCUT2D eigenvalue weighted by Gasteiger charge is 2.45. The Bertz CT molecular complexity index is 1850. The van der Waals surface area contributed by atoms with Crippen molar-refractivity contribution in [2.75, 3.05) is 31.2 Å². The van der Waals surface area contributed by atoms with E-state index in [9.17, 15) is 9.90 Å². The van der Waals surface area contributed by atoms with Gasteiger partial charge in [0.15, 0.2) is 5.82 Å². The number of nitrogens with zero attached hydrogens (tertiary/aromatic N) is 5. The fraction of sp³-hybridized carbons (Fsp3) is 0.500. The summed E-state index contributed by atoms with van der Waals surface area (Å²) >= 11 is 6.63. The molecule has 5 heterocycles. The van der Waals surface area contributed by atoms with Gasteiger partial charge in [-0.1, -0.05) is 48.9 Å². The van der Waals surface area contributed by atoms with E-state index in [1.165, 1.54) is 0 Å². The number of nitrogens with one attached hydrogen (secondary N) is 1. The number of halogens is 2. The fourth-order valence-electron chi connectivity index (χ4n) is 7.56. The lowest BCUT2D eigenvalue weighted by Gasteiger charge is -2.42. The summed E-state index contributed by atoms with van der Waals surface area (Å²) in [5.41, 5.74) is -0.145. The second kappa shape index (κ2) is 12.6. The van der Waals surface area contributed by atoms with E-state index in [-0.39, 0.29) is 60.2 Å². The van der Waals surface area contributed by atoms with Crippen LogP contribution in [0.1, 0.15) is 59.8 Å². The summed E-state index contributed by atoms with van der Waals surface area (Å²) in [6.45, 7) is 9.00.